The molecule has 10 heteroatoms. The van der Waals surface area contributed by atoms with Gasteiger partial charge >= 0.3 is 0 Å². The normalized spacial score (nSPS) is 51.8. The third kappa shape index (κ3) is 3.07. The minimum absolute atomic E-state index is 0.249. The van der Waals surface area contributed by atoms with Gasteiger partial charge < -0.3 is 48.8 Å². The first kappa shape index (κ1) is 18.4. The first-order valence-corrected chi connectivity index (χ1v) is 7.80. The lowest BCUT2D eigenvalue weighted by atomic mass is 9.98. The Morgan fingerprint density at radius 3 is 2.29 bits per heavy atom. The molecule has 2 bridgehead atoms. The van der Waals surface area contributed by atoms with E-state index in [9.17, 15) is 20.4 Å². The van der Waals surface area contributed by atoms with E-state index in [4.69, 9.17) is 28.4 Å². The summed E-state index contributed by atoms with van der Waals surface area (Å²) in [5.74, 6) is 0. The second kappa shape index (κ2) is 7.46. The Morgan fingerprint density at radius 2 is 1.67 bits per heavy atom. The summed E-state index contributed by atoms with van der Waals surface area (Å²) in [6.07, 6.45) is -9.68. The van der Waals surface area contributed by atoms with Gasteiger partial charge in [0, 0.05) is 14.2 Å². The minimum Gasteiger partial charge on any atom is -0.394 e. The van der Waals surface area contributed by atoms with Crippen molar-refractivity contribution in [3.63, 3.8) is 0 Å². The van der Waals surface area contributed by atoms with Crippen LogP contribution in [0.2, 0.25) is 0 Å². The van der Waals surface area contributed by atoms with Crippen LogP contribution < -0.4 is 0 Å². The van der Waals surface area contributed by atoms with Crippen LogP contribution in [0.25, 0.3) is 0 Å². The molecule has 3 fully saturated rings. The number of fused-ring (bicyclic) bond motifs is 2. The summed E-state index contributed by atoms with van der Waals surface area (Å²) in [6, 6.07) is 0. The van der Waals surface area contributed by atoms with Gasteiger partial charge in [0.05, 0.1) is 13.2 Å². The topological polar surface area (TPSA) is 136 Å². The van der Waals surface area contributed by atoms with Crippen LogP contribution in [0.3, 0.4) is 0 Å². The van der Waals surface area contributed by atoms with E-state index in [2.05, 4.69) is 0 Å². The number of methoxy groups -OCH3 is 2. The second-order valence-electron chi connectivity index (χ2n) is 6.07. The van der Waals surface area contributed by atoms with E-state index in [0.717, 1.165) is 0 Å². The number of rotatable bonds is 5. The van der Waals surface area contributed by atoms with E-state index in [0.29, 0.717) is 0 Å². The molecule has 3 heterocycles. The Kier molecular flexibility index (Phi) is 5.72. The summed E-state index contributed by atoms with van der Waals surface area (Å²) in [4.78, 5) is 0. The monoisotopic (exact) mass is 352 g/mol. The first-order chi connectivity index (χ1) is 11.5. The van der Waals surface area contributed by atoms with E-state index in [1.807, 2.05) is 0 Å². The lowest BCUT2D eigenvalue weighted by Gasteiger charge is -2.44. The molecular weight excluding hydrogens is 328 g/mol. The van der Waals surface area contributed by atoms with Gasteiger partial charge in [-0.2, -0.15) is 0 Å². The summed E-state index contributed by atoms with van der Waals surface area (Å²) in [6.45, 7) is -0.235. The fraction of sp³-hybridized carbons (Fsp3) is 1.00. The standard InChI is InChI=1S/C14H24O10/c1-19-10-6-4-21-12(10)9(18)14(23-6)24-11-7(16)5(3-15)22-13(20-2)8(11)17/h5-18H,3-4H2,1-2H3/t5?,6-,7+,8?,9?,10-,11+,12?,13-,14+/m1/s1. The maximum absolute atomic E-state index is 10.4. The summed E-state index contributed by atoms with van der Waals surface area (Å²) < 4.78 is 32.2. The molecule has 0 aromatic heterocycles. The molecule has 4 N–H and O–H groups in total. The molecule has 0 aromatic rings. The Balaban J connectivity index is 1.72. The van der Waals surface area contributed by atoms with E-state index < -0.39 is 68.0 Å². The molecule has 0 amide bonds. The highest BCUT2D eigenvalue weighted by Crippen LogP contribution is 2.34. The predicted octanol–water partition coefficient (Wildman–Crippen LogP) is -3.04. The molecule has 3 saturated heterocycles. The first-order valence-electron chi connectivity index (χ1n) is 7.80. The van der Waals surface area contributed by atoms with Crippen molar-refractivity contribution >= 4 is 0 Å². The zero-order chi connectivity index (χ0) is 17.4. The van der Waals surface area contributed by atoms with Crippen LogP contribution in [-0.2, 0) is 28.4 Å². The second-order valence-corrected chi connectivity index (χ2v) is 6.07. The van der Waals surface area contributed by atoms with Crippen molar-refractivity contribution in [1.29, 1.82) is 0 Å². The number of hydrogen-bond donors (Lipinski definition) is 4. The Hall–Kier alpha value is -0.400. The van der Waals surface area contributed by atoms with Crippen molar-refractivity contribution in [2.24, 2.45) is 0 Å². The van der Waals surface area contributed by atoms with Crippen molar-refractivity contribution in [1.82, 2.24) is 0 Å². The highest BCUT2D eigenvalue weighted by molar-refractivity contribution is 4.98. The van der Waals surface area contributed by atoms with Gasteiger partial charge in [0.2, 0.25) is 0 Å². The molecule has 140 valence electrons. The highest BCUT2D eigenvalue weighted by Gasteiger charge is 2.54. The van der Waals surface area contributed by atoms with Crippen molar-refractivity contribution in [3.05, 3.63) is 0 Å². The van der Waals surface area contributed by atoms with Crippen LogP contribution in [0.4, 0.5) is 0 Å². The van der Waals surface area contributed by atoms with Crippen LogP contribution in [0, 0.1) is 0 Å². The van der Waals surface area contributed by atoms with Crippen LogP contribution >= 0.6 is 0 Å². The minimum atomic E-state index is -1.33. The lowest BCUT2D eigenvalue weighted by molar-refractivity contribution is -0.345. The molecule has 0 aliphatic carbocycles. The number of hydrogen-bond acceptors (Lipinski definition) is 10. The Labute approximate surface area is 138 Å². The quantitative estimate of drug-likeness (QED) is 0.404. The molecule has 3 rings (SSSR count). The van der Waals surface area contributed by atoms with Gasteiger partial charge in [0.1, 0.15) is 48.8 Å². The molecule has 0 radical (unpaired) electrons. The molecule has 0 saturated carbocycles. The Morgan fingerprint density at radius 1 is 0.917 bits per heavy atom. The summed E-state index contributed by atoms with van der Waals surface area (Å²) in [5.41, 5.74) is 0. The summed E-state index contributed by atoms with van der Waals surface area (Å²) in [7, 11) is 2.82. The van der Waals surface area contributed by atoms with Crippen LogP contribution in [0.15, 0.2) is 0 Å². The number of aliphatic hydroxyl groups excluding tert-OH is 4. The molecule has 3 aliphatic rings. The van der Waals surface area contributed by atoms with E-state index in [1.165, 1.54) is 14.2 Å². The fourth-order valence-corrected chi connectivity index (χ4v) is 3.39. The highest BCUT2D eigenvalue weighted by atomic mass is 16.7. The average Bonchev–Trinajstić information content (AvgIpc) is 2.92. The van der Waals surface area contributed by atoms with Gasteiger partial charge in [0.15, 0.2) is 12.6 Å². The largest absolute Gasteiger partial charge is 0.394 e. The summed E-state index contributed by atoms with van der Waals surface area (Å²) in [5, 5.41) is 40.2. The zero-order valence-electron chi connectivity index (χ0n) is 13.4. The fourth-order valence-electron chi connectivity index (χ4n) is 3.39. The smallest absolute Gasteiger partial charge is 0.187 e. The predicted molar refractivity (Wildman–Crippen MR) is 74.8 cm³/mol. The van der Waals surface area contributed by atoms with E-state index in [1.54, 1.807) is 0 Å². The van der Waals surface area contributed by atoms with Gasteiger partial charge in [-0.3, -0.25) is 0 Å². The van der Waals surface area contributed by atoms with Gasteiger partial charge in [0.25, 0.3) is 0 Å². The molecular formula is C14H24O10. The molecule has 24 heavy (non-hydrogen) atoms. The van der Waals surface area contributed by atoms with Crippen molar-refractivity contribution in [3.8, 4) is 0 Å². The van der Waals surface area contributed by atoms with Gasteiger partial charge in [-0.15, -0.1) is 0 Å². The van der Waals surface area contributed by atoms with Gasteiger partial charge in [-0.1, -0.05) is 0 Å². The van der Waals surface area contributed by atoms with Crippen LogP contribution in [0.1, 0.15) is 0 Å². The molecule has 0 aromatic carbocycles. The SMILES string of the molecule is CO[C@@H]1OC(CO)[C@H](O)[C@H](O[C@@H]2O[C@@H]3COC(C2O)[C@@H]3OC)C1O. The maximum Gasteiger partial charge on any atom is 0.187 e. The molecule has 3 aliphatic heterocycles. The number of ether oxygens (including phenoxy) is 6. The molecule has 4 unspecified atom stereocenters. The number of aliphatic hydroxyl groups is 4. The lowest BCUT2D eigenvalue weighted by Crippen LogP contribution is -2.63. The molecule has 10 atom stereocenters. The van der Waals surface area contributed by atoms with Gasteiger partial charge in [-0.25, -0.2) is 0 Å². The van der Waals surface area contributed by atoms with E-state index in [-0.39, 0.29) is 6.61 Å². The maximum atomic E-state index is 10.4. The van der Waals surface area contributed by atoms with Crippen molar-refractivity contribution < 1.29 is 48.8 Å². The third-order valence-corrected chi connectivity index (χ3v) is 4.69. The van der Waals surface area contributed by atoms with Gasteiger partial charge in [-0.05, 0) is 0 Å². The third-order valence-electron chi connectivity index (χ3n) is 4.69. The van der Waals surface area contributed by atoms with Crippen molar-refractivity contribution in [2.75, 3.05) is 27.4 Å². The molecule has 0 spiro atoms. The molecule has 10 nitrogen and oxygen atoms in total. The zero-order valence-corrected chi connectivity index (χ0v) is 13.4. The van der Waals surface area contributed by atoms with Crippen LogP contribution in [-0.4, -0.2) is 109 Å². The van der Waals surface area contributed by atoms with E-state index >= 15 is 0 Å². The average molecular weight is 352 g/mol. The van der Waals surface area contributed by atoms with Crippen molar-refractivity contribution in [2.45, 2.75) is 61.4 Å². The van der Waals surface area contributed by atoms with Crippen LogP contribution in [0.5, 0.6) is 0 Å². The summed E-state index contributed by atoms with van der Waals surface area (Å²) >= 11 is 0. The Bertz CT molecular complexity index is 406.